The molecular weight excluding hydrogens is 218 g/mol. The number of amides is 1. The van der Waals surface area contributed by atoms with E-state index in [2.05, 4.69) is 15.5 Å². The number of hydrogen-bond donors (Lipinski definition) is 2. The highest BCUT2D eigenvalue weighted by Gasteiger charge is 2.11. The van der Waals surface area contributed by atoms with Crippen LogP contribution in [0.2, 0.25) is 0 Å². The summed E-state index contributed by atoms with van der Waals surface area (Å²) < 4.78 is 0. The lowest BCUT2D eigenvalue weighted by atomic mass is 10.2. The first kappa shape index (κ1) is 13.4. The van der Waals surface area contributed by atoms with Gasteiger partial charge in [0, 0.05) is 26.7 Å². The maximum atomic E-state index is 11.6. The third-order valence-corrected chi connectivity index (χ3v) is 2.42. The zero-order chi connectivity index (χ0) is 12.8. The van der Waals surface area contributed by atoms with Gasteiger partial charge in [-0.15, -0.1) is 10.2 Å². The van der Waals surface area contributed by atoms with Crippen LogP contribution in [0.25, 0.3) is 0 Å². The van der Waals surface area contributed by atoms with Gasteiger partial charge < -0.3 is 16.0 Å². The Labute approximate surface area is 101 Å². The van der Waals surface area contributed by atoms with Gasteiger partial charge in [-0.2, -0.15) is 0 Å². The Bertz CT molecular complexity index is 359. The number of anilines is 1. The molecule has 1 amide bonds. The number of nitrogens with one attached hydrogen (secondary N) is 1. The Balaban J connectivity index is 2.71. The van der Waals surface area contributed by atoms with E-state index in [0.717, 1.165) is 6.42 Å². The molecule has 0 saturated heterocycles. The number of nitrogens with two attached hydrogens (primary N) is 1. The van der Waals surface area contributed by atoms with E-state index in [0.29, 0.717) is 18.1 Å². The first-order valence-electron chi connectivity index (χ1n) is 5.60. The van der Waals surface area contributed by atoms with Gasteiger partial charge in [0.25, 0.3) is 5.91 Å². The molecule has 0 aliphatic rings. The van der Waals surface area contributed by atoms with Crippen LogP contribution in [0.1, 0.15) is 23.8 Å². The SMILES string of the molecule is CCC(CN)Nc1ccc(C(=O)N(C)C)nn1. The molecule has 6 heteroatoms. The highest BCUT2D eigenvalue weighted by Crippen LogP contribution is 2.06. The zero-order valence-corrected chi connectivity index (χ0v) is 10.5. The Morgan fingerprint density at radius 1 is 1.47 bits per heavy atom. The van der Waals surface area contributed by atoms with E-state index in [4.69, 9.17) is 5.73 Å². The standard InChI is InChI=1S/C11H19N5O/c1-4-8(7-12)13-10-6-5-9(14-15-10)11(17)16(2)3/h5-6,8H,4,7,12H2,1-3H3,(H,13,15). The average molecular weight is 237 g/mol. The first-order chi connectivity index (χ1) is 8.08. The van der Waals surface area contributed by atoms with Gasteiger partial charge in [0.05, 0.1) is 0 Å². The summed E-state index contributed by atoms with van der Waals surface area (Å²) in [6, 6.07) is 3.57. The highest BCUT2D eigenvalue weighted by molar-refractivity contribution is 5.91. The van der Waals surface area contributed by atoms with E-state index in [9.17, 15) is 4.79 Å². The van der Waals surface area contributed by atoms with Gasteiger partial charge in [-0.3, -0.25) is 4.79 Å². The molecule has 3 N–H and O–H groups in total. The number of hydrogen-bond acceptors (Lipinski definition) is 5. The molecule has 1 atom stereocenters. The van der Waals surface area contributed by atoms with Crippen molar-refractivity contribution in [1.29, 1.82) is 0 Å². The van der Waals surface area contributed by atoms with Crippen LogP contribution in [-0.2, 0) is 0 Å². The Kier molecular flexibility index (Phi) is 4.84. The van der Waals surface area contributed by atoms with E-state index < -0.39 is 0 Å². The van der Waals surface area contributed by atoms with Gasteiger partial charge in [0.1, 0.15) is 5.82 Å². The fraction of sp³-hybridized carbons (Fsp3) is 0.545. The molecule has 1 aromatic heterocycles. The average Bonchev–Trinajstić information content (AvgIpc) is 2.35. The van der Waals surface area contributed by atoms with Crippen molar-refractivity contribution in [1.82, 2.24) is 15.1 Å². The maximum Gasteiger partial charge on any atom is 0.273 e. The molecule has 0 aromatic carbocycles. The maximum absolute atomic E-state index is 11.6. The summed E-state index contributed by atoms with van der Waals surface area (Å²) in [6.45, 7) is 2.58. The normalized spacial score (nSPS) is 12.0. The van der Waals surface area contributed by atoms with Crippen LogP contribution in [-0.4, -0.2) is 47.7 Å². The van der Waals surface area contributed by atoms with Crippen molar-refractivity contribution < 1.29 is 4.79 Å². The quantitative estimate of drug-likeness (QED) is 0.771. The summed E-state index contributed by atoms with van der Waals surface area (Å²) in [7, 11) is 3.36. The second-order valence-electron chi connectivity index (χ2n) is 3.99. The van der Waals surface area contributed by atoms with Gasteiger partial charge >= 0.3 is 0 Å². The van der Waals surface area contributed by atoms with Gasteiger partial charge in [0.15, 0.2) is 5.69 Å². The van der Waals surface area contributed by atoms with Crippen molar-refractivity contribution in [3.8, 4) is 0 Å². The van der Waals surface area contributed by atoms with Crippen LogP contribution in [0.15, 0.2) is 12.1 Å². The van der Waals surface area contributed by atoms with Crippen LogP contribution in [0, 0.1) is 0 Å². The van der Waals surface area contributed by atoms with Gasteiger partial charge in [0.2, 0.25) is 0 Å². The largest absolute Gasteiger partial charge is 0.365 e. The minimum Gasteiger partial charge on any atom is -0.365 e. The molecule has 6 nitrogen and oxygen atoms in total. The highest BCUT2D eigenvalue weighted by atomic mass is 16.2. The molecule has 1 heterocycles. The molecule has 0 aliphatic carbocycles. The summed E-state index contributed by atoms with van der Waals surface area (Å²) >= 11 is 0. The third-order valence-electron chi connectivity index (χ3n) is 2.42. The van der Waals surface area contributed by atoms with E-state index in [1.54, 1.807) is 26.2 Å². The Morgan fingerprint density at radius 3 is 2.59 bits per heavy atom. The van der Waals surface area contributed by atoms with Crippen molar-refractivity contribution in [2.45, 2.75) is 19.4 Å². The van der Waals surface area contributed by atoms with E-state index in [-0.39, 0.29) is 11.9 Å². The molecule has 0 radical (unpaired) electrons. The lowest BCUT2D eigenvalue weighted by Crippen LogP contribution is -2.28. The van der Waals surface area contributed by atoms with Crippen molar-refractivity contribution in [3.63, 3.8) is 0 Å². The molecule has 0 aliphatic heterocycles. The van der Waals surface area contributed by atoms with E-state index in [1.165, 1.54) is 4.90 Å². The number of carbonyl (C=O) groups excluding carboxylic acids is 1. The first-order valence-corrected chi connectivity index (χ1v) is 5.60. The number of nitrogens with zero attached hydrogens (tertiary/aromatic N) is 3. The van der Waals surface area contributed by atoms with E-state index >= 15 is 0 Å². The second kappa shape index (κ2) is 6.15. The molecule has 1 rings (SSSR count). The molecular formula is C11H19N5O. The lowest BCUT2D eigenvalue weighted by molar-refractivity contribution is 0.0821. The van der Waals surface area contributed by atoms with Crippen LogP contribution in [0.5, 0.6) is 0 Å². The molecule has 0 spiro atoms. The summed E-state index contributed by atoms with van der Waals surface area (Å²) in [4.78, 5) is 13.0. The zero-order valence-electron chi connectivity index (χ0n) is 10.5. The third kappa shape index (κ3) is 3.67. The minimum absolute atomic E-state index is 0.157. The summed E-state index contributed by atoms with van der Waals surface area (Å²) in [5, 5.41) is 11.0. The summed E-state index contributed by atoms with van der Waals surface area (Å²) in [5.74, 6) is 0.479. The van der Waals surface area contributed by atoms with Gasteiger partial charge in [-0.05, 0) is 18.6 Å². The smallest absolute Gasteiger partial charge is 0.273 e. The Morgan fingerprint density at radius 2 is 2.18 bits per heavy atom. The summed E-state index contributed by atoms with van der Waals surface area (Å²) in [6.07, 6.45) is 0.913. The van der Waals surface area contributed by atoms with Crippen LogP contribution in [0.4, 0.5) is 5.82 Å². The predicted octanol–water partition coefficient (Wildman–Crippen LogP) is 0.328. The molecule has 0 saturated carbocycles. The number of rotatable bonds is 5. The molecule has 17 heavy (non-hydrogen) atoms. The Hall–Kier alpha value is -1.69. The molecule has 1 unspecified atom stereocenters. The topological polar surface area (TPSA) is 84.1 Å². The number of carbonyl (C=O) groups is 1. The fourth-order valence-electron chi connectivity index (χ4n) is 1.29. The van der Waals surface area contributed by atoms with Crippen LogP contribution >= 0.6 is 0 Å². The lowest BCUT2D eigenvalue weighted by Gasteiger charge is -2.15. The molecule has 0 fully saturated rings. The molecule has 1 aromatic rings. The van der Waals surface area contributed by atoms with Gasteiger partial charge in [-0.25, -0.2) is 0 Å². The van der Waals surface area contributed by atoms with Crippen molar-refractivity contribution >= 4 is 11.7 Å². The fourth-order valence-corrected chi connectivity index (χ4v) is 1.29. The number of aromatic nitrogens is 2. The second-order valence-corrected chi connectivity index (χ2v) is 3.99. The van der Waals surface area contributed by atoms with Crippen LogP contribution < -0.4 is 11.1 Å². The molecule has 0 bridgehead atoms. The van der Waals surface area contributed by atoms with Crippen molar-refractivity contribution in [3.05, 3.63) is 17.8 Å². The van der Waals surface area contributed by atoms with Crippen molar-refractivity contribution in [2.75, 3.05) is 26.0 Å². The summed E-state index contributed by atoms with van der Waals surface area (Å²) in [5.41, 5.74) is 5.91. The monoisotopic (exact) mass is 237 g/mol. The molecule has 94 valence electrons. The predicted molar refractivity (Wildman–Crippen MR) is 66.8 cm³/mol. The van der Waals surface area contributed by atoms with E-state index in [1.807, 2.05) is 6.92 Å². The van der Waals surface area contributed by atoms with Crippen LogP contribution in [0.3, 0.4) is 0 Å². The minimum atomic E-state index is -0.157. The van der Waals surface area contributed by atoms with Gasteiger partial charge in [-0.1, -0.05) is 6.92 Å². The van der Waals surface area contributed by atoms with Crippen molar-refractivity contribution in [2.24, 2.45) is 5.73 Å².